The molecule has 3 aromatic rings. The van der Waals surface area contributed by atoms with E-state index < -0.39 is 51.6 Å². The molecule has 9 nitrogen and oxygen atoms in total. The molecule has 1 heterocycles. The van der Waals surface area contributed by atoms with Crippen molar-refractivity contribution in [1.29, 1.82) is 0 Å². The zero-order chi connectivity index (χ0) is 27.4. The molecule has 0 aliphatic carbocycles. The molecule has 1 fully saturated rings. The molecule has 38 heavy (non-hydrogen) atoms. The predicted octanol–water partition coefficient (Wildman–Crippen LogP) is 2.52. The Bertz CT molecular complexity index is 1450. The summed E-state index contributed by atoms with van der Waals surface area (Å²) in [7, 11) is -2.56. The number of fused-ring (bicyclic) bond motifs is 1. The Kier molecular flexibility index (Phi) is 8.39. The summed E-state index contributed by atoms with van der Waals surface area (Å²) in [5, 5.41) is 13.1. The Hall–Kier alpha value is -3.41. The number of rotatable bonds is 9. The van der Waals surface area contributed by atoms with Crippen LogP contribution in [0.15, 0.2) is 77.7 Å². The molecule has 0 radical (unpaired) electrons. The van der Waals surface area contributed by atoms with Gasteiger partial charge in [0, 0.05) is 25.4 Å². The van der Waals surface area contributed by atoms with Gasteiger partial charge < -0.3 is 15.3 Å². The third-order valence-electron chi connectivity index (χ3n) is 6.50. The molecule has 0 spiro atoms. The van der Waals surface area contributed by atoms with Gasteiger partial charge in [0.25, 0.3) is 0 Å². The largest absolute Gasteiger partial charge is 0.481 e. The minimum absolute atomic E-state index is 0.00180. The highest BCUT2D eigenvalue weighted by Gasteiger charge is 2.44. The van der Waals surface area contributed by atoms with Gasteiger partial charge in [-0.25, -0.2) is 8.42 Å². The average Bonchev–Trinajstić information content (AvgIpc) is 3.30. The normalized spacial score (nSPS) is 18.7. The van der Waals surface area contributed by atoms with E-state index in [1.807, 2.05) is 48.5 Å². The summed E-state index contributed by atoms with van der Waals surface area (Å²) in [6.45, 7) is 0.220. The third kappa shape index (κ3) is 6.17. The van der Waals surface area contributed by atoms with Gasteiger partial charge in [-0.1, -0.05) is 60.7 Å². The maximum absolute atomic E-state index is 13.6. The Balaban J connectivity index is 1.55. The number of hydrogen-bond donors (Lipinski definition) is 3. The van der Waals surface area contributed by atoms with E-state index in [0.717, 1.165) is 20.6 Å². The summed E-state index contributed by atoms with van der Waals surface area (Å²) in [5.41, 5.74) is 0.838. The molecule has 2 N–H and O–H groups in total. The molecule has 3 aromatic carbocycles. The first kappa shape index (κ1) is 27.6. The van der Waals surface area contributed by atoms with Crippen molar-refractivity contribution in [3.8, 4) is 0 Å². The molecule has 4 rings (SSSR count). The first-order valence-electron chi connectivity index (χ1n) is 12.1. The second-order valence-corrected chi connectivity index (χ2v) is 11.9. The number of likely N-dealkylation sites (N-methyl/N-ethyl adjacent to an activating group) is 1. The fraction of sp³-hybridized carbons (Fsp3) is 0.296. The lowest BCUT2D eigenvalue weighted by Crippen LogP contribution is -2.53. The van der Waals surface area contributed by atoms with Crippen LogP contribution in [0.25, 0.3) is 10.8 Å². The zero-order valence-corrected chi connectivity index (χ0v) is 22.4. The molecular weight excluding hydrogens is 526 g/mol. The molecule has 0 saturated carbocycles. The Morgan fingerprint density at radius 1 is 1.05 bits per heavy atom. The van der Waals surface area contributed by atoms with Crippen molar-refractivity contribution in [3.05, 3.63) is 78.4 Å². The van der Waals surface area contributed by atoms with E-state index in [1.165, 1.54) is 18.0 Å². The minimum atomic E-state index is -4.08. The van der Waals surface area contributed by atoms with E-state index >= 15 is 0 Å². The maximum Gasteiger partial charge on any atom is 0.305 e. The van der Waals surface area contributed by atoms with Gasteiger partial charge in [0.1, 0.15) is 12.1 Å². The second-order valence-electron chi connectivity index (χ2n) is 9.33. The van der Waals surface area contributed by atoms with Crippen LogP contribution in [0.5, 0.6) is 0 Å². The first-order valence-corrected chi connectivity index (χ1v) is 14.0. The summed E-state index contributed by atoms with van der Waals surface area (Å²) in [5.74, 6) is -2.59. The standard InChI is InChI=1S/C27H29N3O6S2/c1-29(16-18-7-3-2-4-8-18)27(34)23(15-25(31)32)28-26(33)24-14-21(37)17-30(24)38(35,36)22-12-11-19-9-5-6-10-20(19)13-22/h2-13,21,23-24,37H,14-17H2,1H3,(H,28,33)(H,31,32)/t21-,23+,24+/m1/s1. The number of aliphatic carboxylic acids is 1. The molecule has 2 amide bonds. The van der Waals surface area contributed by atoms with Crippen molar-refractivity contribution in [2.24, 2.45) is 0 Å². The topological polar surface area (TPSA) is 124 Å². The molecule has 1 aliphatic rings. The highest BCUT2D eigenvalue weighted by molar-refractivity contribution is 7.89. The van der Waals surface area contributed by atoms with Crippen LogP contribution in [0.4, 0.5) is 0 Å². The number of carbonyl (C=O) groups is 3. The zero-order valence-electron chi connectivity index (χ0n) is 20.7. The second kappa shape index (κ2) is 11.5. The number of thiol groups is 1. The van der Waals surface area contributed by atoms with E-state index in [4.69, 9.17) is 0 Å². The third-order valence-corrected chi connectivity index (χ3v) is 8.74. The van der Waals surface area contributed by atoms with E-state index in [0.29, 0.717) is 0 Å². The van der Waals surface area contributed by atoms with Gasteiger partial charge in [0.05, 0.1) is 11.3 Å². The molecule has 1 saturated heterocycles. The summed E-state index contributed by atoms with van der Waals surface area (Å²) >= 11 is 4.43. The van der Waals surface area contributed by atoms with Crippen molar-refractivity contribution >= 4 is 51.2 Å². The smallest absolute Gasteiger partial charge is 0.305 e. The van der Waals surface area contributed by atoms with Gasteiger partial charge in [-0.2, -0.15) is 16.9 Å². The lowest BCUT2D eigenvalue weighted by molar-refractivity contribution is -0.143. The van der Waals surface area contributed by atoms with Crippen LogP contribution in [0.2, 0.25) is 0 Å². The SMILES string of the molecule is CN(Cc1ccccc1)C(=O)[C@H](CC(=O)O)NC(=O)[C@@H]1C[C@@H](S)CN1S(=O)(=O)c1ccc2ccccc2c1. The molecule has 0 aromatic heterocycles. The van der Waals surface area contributed by atoms with Crippen molar-refractivity contribution < 1.29 is 27.9 Å². The van der Waals surface area contributed by atoms with Crippen LogP contribution in [0.3, 0.4) is 0 Å². The van der Waals surface area contributed by atoms with Gasteiger partial charge in [-0.3, -0.25) is 14.4 Å². The van der Waals surface area contributed by atoms with Crippen molar-refractivity contribution in [2.45, 2.75) is 41.6 Å². The average molecular weight is 556 g/mol. The van der Waals surface area contributed by atoms with E-state index in [1.54, 1.807) is 18.2 Å². The van der Waals surface area contributed by atoms with Crippen molar-refractivity contribution in [1.82, 2.24) is 14.5 Å². The number of carboxylic acids is 1. The Morgan fingerprint density at radius 2 is 1.71 bits per heavy atom. The van der Waals surface area contributed by atoms with Gasteiger partial charge in [0.2, 0.25) is 21.8 Å². The maximum atomic E-state index is 13.6. The predicted molar refractivity (Wildman–Crippen MR) is 146 cm³/mol. The van der Waals surface area contributed by atoms with Gasteiger partial charge in [-0.05, 0) is 34.9 Å². The van der Waals surface area contributed by atoms with Crippen LogP contribution in [-0.4, -0.2) is 71.4 Å². The molecule has 1 aliphatic heterocycles. The van der Waals surface area contributed by atoms with Gasteiger partial charge in [-0.15, -0.1) is 0 Å². The van der Waals surface area contributed by atoms with E-state index in [2.05, 4.69) is 17.9 Å². The molecule has 0 unspecified atom stereocenters. The number of sulfonamides is 1. The van der Waals surface area contributed by atoms with Crippen molar-refractivity contribution in [3.63, 3.8) is 0 Å². The fourth-order valence-electron chi connectivity index (χ4n) is 4.60. The Labute approximate surface area is 226 Å². The molecule has 200 valence electrons. The van der Waals surface area contributed by atoms with Gasteiger partial charge >= 0.3 is 5.97 Å². The lowest BCUT2D eigenvalue weighted by atomic mass is 10.1. The summed E-state index contributed by atoms with van der Waals surface area (Å²) < 4.78 is 28.3. The number of hydrogen-bond acceptors (Lipinski definition) is 6. The van der Waals surface area contributed by atoms with Crippen LogP contribution in [0, 0.1) is 0 Å². The molecule has 11 heteroatoms. The summed E-state index contributed by atoms with van der Waals surface area (Å²) in [6.07, 6.45) is -0.520. The quantitative estimate of drug-likeness (QED) is 0.349. The van der Waals surface area contributed by atoms with Gasteiger partial charge in [0.15, 0.2) is 0 Å². The fourth-order valence-corrected chi connectivity index (χ4v) is 6.76. The number of amides is 2. The number of carbonyl (C=O) groups excluding carboxylic acids is 2. The monoisotopic (exact) mass is 555 g/mol. The highest BCUT2D eigenvalue weighted by Crippen LogP contribution is 2.30. The van der Waals surface area contributed by atoms with Crippen LogP contribution in [0.1, 0.15) is 18.4 Å². The van der Waals surface area contributed by atoms with Crippen LogP contribution >= 0.6 is 12.6 Å². The molecular formula is C27H29N3O6S2. The van der Waals surface area contributed by atoms with E-state index in [-0.39, 0.29) is 24.4 Å². The number of carboxylic acid groups (broad SMARTS) is 1. The Morgan fingerprint density at radius 3 is 2.39 bits per heavy atom. The summed E-state index contributed by atoms with van der Waals surface area (Å²) in [4.78, 5) is 39.4. The van der Waals surface area contributed by atoms with Crippen LogP contribution in [-0.2, 0) is 31.0 Å². The molecule has 0 bridgehead atoms. The molecule has 3 atom stereocenters. The lowest BCUT2D eigenvalue weighted by Gasteiger charge is -2.27. The summed E-state index contributed by atoms with van der Waals surface area (Å²) in [6, 6.07) is 18.7. The van der Waals surface area contributed by atoms with Crippen molar-refractivity contribution in [2.75, 3.05) is 13.6 Å². The highest BCUT2D eigenvalue weighted by atomic mass is 32.2. The number of nitrogens with one attached hydrogen (secondary N) is 1. The minimum Gasteiger partial charge on any atom is -0.481 e. The van der Waals surface area contributed by atoms with E-state index in [9.17, 15) is 27.9 Å². The van der Waals surface area contributed by atoms with Crippen LogP contribution < -0.4 is 5.32 Å². The number of benzene rings is 3. The number of nitrogens with zero attached hydrogens (tertiary/aromatic N) is 2. The first-order chi connectivity index (χ1) is 18.1.